The molecule has 1 heterocycles. The molecule has 0 aliphatic rings. The van der Waals surface area contributed by atoms with Gasteiger partial charge in [0.1, 0.15) is 11.7 Å². The number of benzene rings is 2. The maximum Gasteiger partial charge on any atom is 0.274 e. The quantitative estimate of drug-likeness (QED) is 0.490. The number of rotatable bonds is 5. The molecular formula is C20H16Cl2N4O. The Morgan fingerprint density at radius 2 is 1.74 bits per heavy atom. The highest BCUT2D eigenvalue weighted by Gasteiger charge is 2.21. The minimum atomic E-state index is -0.745. The van der Waals surface area contributed by atoms with Gasteiger partial charge in [-0.25, -0.2) is 0 Å². The Balaban J connectivity index is 1.92. The van der Waals surface area contributed by atoms with Crippen molar-refractivity contribution in [1.82, 2.24) is 4.98 Å². The van der Waals surface area contributed by atoms with Gasteiger partial charge in [0.15, 0.2) is 5.84 Å². The first kappa shape index (κ1) is 18.9. The highest BCUT2D eigenvalue weighted by atomic mass is 35.5. The standard InChI is InChI=1S/C20H16Cl2N4O/c21-15-10-9-14(12-16(15)22)25-18(13-6-2-1-3-7-13)20(27)26-19(23)17-8-4-5-11-24-17/h1-12,18,25H,(H2,23,26,27). The van der Waals surface area contributed by atoms with E-state index in [9.17, 15) is 4.79 Å². The second kappa shape index (κ2) is 8.66. The van der Waals surface area contributed by atoms with Gasteiger partial charge in [-0.15, -0.1) is 0 Å². The molecule has 1 atom stereocenters. The van der Waals surface area contributed by atoms with Crippen LogP contribution in [0.3, 0.4) is 0 Å². The third-order valence-electron chi connectivity index (χ3n) is 3.77. The minimum absolute atomic E-state index is 0.0532. The zero-order chi connectivity index (χ0) is 19.2. The second-order valence-corrected chi connectivity index (χ2v) is 6.48. The van der Waals surface area contributed by atoms with Gasteiger partial charge < -0.3 is 11.1 Å². The molecular weight excluding hydrogens is 383 g/mol. The zero-order valence-corrected chi connectivity index (χ0v) is 15.7. The molecule has 1 amide bonds. The number of amides is 1. The molecule has 0 aliphatic heterocycles. The monoisotopic (exact) mass is 398 g/mol. The van der Waals surface area contributed by atoms with Gasteiger partial charge in [-0.1, -0.05) is 59.6 Å². The van der Waals surface area contributed by atoms with Crippen molar-refractivity contribution in [3.63, 3.8) is 0 Å². The van der Waals surface area contributed by atoms with Crippen LogP contribution in [0.25, 0.3) is 0 Å². The van der Waals surface area contributed by atoms with E-state index < -0.39 is 11.9 Å². The highest BCUT2D eigenvalue weighted by Crippen LogP contribution is 2.28. The Morgan fingerprint density at radius 1 is 1.00 bits per heavy atom. The summed E-state index contributed by atoms with van der Waals surface area (Å²) in [6, 6.07) is 18.8. The number of carbonyl (C=O) groups excluding carboxylic acids is 1. The largest absolute Gasteiger partial charge is 0.382 e. The Bertz CT molecular complexity index is 962. The van der Waals surface area contributed by atoms with Gasteiger partial charge in [-0.05, 0) is 35.9 Å². The Kier molecular flexibility index (Phi) is 6.06. The van der Waals surface area contributed by atoms with Gasteiger partial charge in [0.2, 0.25) is 0 Å². The van der Waals surface area contributed by atoms with E-state index in [4.69, 9.17) is 28.9 Å². The van der Waals surface area contributed by atoms with Crippen LogP contribution in [0.4, 0.5) is 5.69 Å². The van der Waals surface area contributed by atoms with Crippen LogP contribution < -0.4 is 11.1 Å². The molecule has 3 rings (SSSR count). The maximum absolute atomic E-state index is 12.9. The van der Waals surface area contributed by atoms with E-state index in [1.165, 1.54) is 0 Å². The Morgan fingerprint density at radius 3 is 2.41 bits per heavy atom. The van der Waals surface area contributed by atoms with Crippen LogP contribution in [-0.2, 0) is 4.79 Å². The summed E-state index contributed by atoms with van der Waals surface area (Å²) in [5, 5.41) is 3.96. The summed E-state index contributed by atoms with van der Waals surface area (Å²) in [5.74, 6) is -0.395. The van der Waals surface area contributed by atoms with Crippen LogP contribution in [-0.4, -0.2) is 16.7 Å². The van der Waals surface area contributed by atoms with Crippen molar-refractivity contribution < 1.29 is 4.79 Å². The number of nitrogens with two attached hydrogens (primary N) is 1. The van der Waals surface area contributed by atoms with Crippen LogP contribution in [0.2, 0.25) is 10.0 Å². The average molecular weight is 399 g/mol. The lowest BCUT2D eigenvalue weighted by Gasteiger charge is -2.18. The summed E-state index contributed by atoms with van der Waals surface area (Å²) < 4.78 is 0. The number of halogens is 2. The summed E-state index contributed by atoms with van der Waals surface area (Å²) in [6.45, 7) is 0. The van der Waals surface area contributed by atoms with Crippen LogP contribution in [0.15, 0.2) is 77.9 Å². The lowest BCUT2D eigenvalue weighted by Crippen LogP contribution is -2.24. The van der Waals surface area contributed by atoms with Crippen molar-refractivity contribution in [3.05, 3.63) is 94.2 Å². The smallest absolute Gasteiger partial charge is 0.274 e. The van der Waals surface area contributed by atoms with Crippen molar-refractivity contribution in [1.29, 1.82) is 0 Å². The molecule has 0 saturated carbocycles. The number of hydrogen-bond donors (Lipinski definition) is 2. The number of hydrogen-bond acceptors (Lipinski definition) is 3. The lowest BCUT2D eigenvalue weighted by atomic mass is 10.1. The van der Waals surface area contributed by atoms with Gasteiger partial charge in [0.05, 0.1) is 10.0 Å². The minimum Gasteiger partial charge on any atom is -0.382 e. The normalized spacial score (nSPS) is 12.4. The first-order valence-corrected chi connectivity index (χ1v) is 8.86. The number of aromatic nitrogens is 1. The number of nitrogens with zero attached hydrogens (tertiary/aromatic N) is 2. The van der Waals surface area contributed by atoms with Gasteiger partial charge in [-0.2, -0.15) is 4.99 Å². The molecule has 1 aromatic heterocycles. The highest BCUT2D eigenvalue weighted by molar-refractivity contribution is 6.42. The van der Waals surface area contributed by atoms with Crippen molar-refractivity contribution in [2.75, 3.05) is 5.32 Å². The van der Waals surface area contributed by atoms with Gasteiger partial charge in [0, 0.05) is 11.9 Å². The maximum atomic E-state index is 12.9. The molecule has 0 fully saturated rings. The molecule has 3 aromatic rings. The predicted octanol–water partition coefficient (Wildman–Crippen LogP) is 4.47. The number of anilines is 1. The Labute approximate surface area is 166 Å². The predicted molar refractivity (Wildman–Crippen MR) is 109 cm³/mol. The fourth-order valence-electron chi connectivity index (χ4n) is 2.44. The van der Waals surface area contributed by atoms with Crippen molar-refractivity contribution in [2.24, 2.45) is 10.7 Å². The average Bonchev–Trinajstić information content (AvgIpc) is 2.70. The zero-order valence-electron chi connectivity index (χ0n) is 14.1. The molecule has 0 radical (unpaired) electrons. The van der Waals surface area contributed by atoms with Crippen LogP contribution in [0, 0.1) is 0 Å². The SMILES string of the molecule is NC(=NC(=O)C(Nc1ccc(Cl)c(Cl)c1)c1ccccc1)c1ccccn1. The molecule has 2 aromatic carbocycles. The fraction of sp³-hybridized carbons (Fsp3) is 0.0500. The fourth-order valence-corrected chi connectivity index (χ4v) is 2.74. The van der Waals surface area contributed by atoms with E-state index in [1.54, 1.807) is 42.6 Å². The number of amidine groups is 1. The van der Waals surface area contributed by atoms with Gasteiger partial charge >= 0.3 is 0 Å². The van der Waals surface area contributed by atoms with Crippen LogP contribution in [0.5, 0.6) is 0 Å². The number of nitrogens with one attached hydrogen (secondary N) is 1. The summed E-state index contributed by atoms with van der Waals surface area (Å²) in [4.78, 5) is 21.0. The summed E-state index contributed by atoms with van der Waals surface area (Å²) in [7, 11) is 0. The third-order valence-corrected chi connectivity index (χ3v) is 4.51. The molecule has 7 heteroatoms. The summed E-state index contributed by atoms with van der Waals surface area (Å²) >= 11 is 12.0. The van der Waals surface area contributed by atoms with Crippen molar-refractivity contribution in [3.8, 4) is 0 Å². The van der Waals surface area contributed by atoms with Crippen LogP contribution >= 0.6 is 23.2 Å². The van der Waals surface area contributed by atoms with E-state index in [1.807, 2.05) is 30.3 Å². The second-order valence-electron chi connectivity index (χ2n) is 5.67. The molecule has 136 valence electrons. The molecule has 27 heavy (non-hydrogen) atoms. The number of aliphatic imine (C=N–C) groups is 1. The Hall–Kier alpha value is -2.89. The topological polar surface area (TPSA) is 80.4 Å². The van der Waals surface area contributed by atoms with Gasteiger partial charge in [0.25, 0.3) is 5.91 Å². The summed E-state index contributed by atoms with van der Waals surface area (Å²) in [5.41, 5.74) is 7.77. The molecule has 5 nitrogen and oxygen atoms in total. The van der Waals surface area contributed by atoms with Crippen LogP contribution in [0.1, 0.15) is 17.3 Å². The van der Waals surface area contributed by atoms with Gasteiger partial charge in [-0.3, -0.25) is 9.78 Å². The lowest BCUT2D eigenvalue weighted by molar-refractivity contribution is -0.118. The molecule has 0 aliphatic carbocycles. The number of pyridine rings is 1. The van der Waals surface area contributed by atoms with E-state index in [2.05, 4.69) is 15.3 Å². The van der Waals surface area contributed by atoms with E-state index in [0.29, 0.717) is 21.4 Å². The van der Waals surface area contributed by atoms with Crippen molar-refractivity contribution >= 4 is 40.6 Å². The van der Waals surface area contributed by atoms with E-state index in [-0.39, 0.29) is 5.84 Å². The molecule has 3 N–H and O–H groups in total. The summed E-state index contributed by atoms with van der Waals surface area (Å²) in [6.07, 6.45) is 1.59. The third kappa shape index (κ3) is 4.84. The van der Waals surface area contributed by atoms with E-state index >= 15 is 0 Å². The first-order chi connectivity index (χ1) is 13.0. The van der Waals surface area contributed by atoms with Crippen molar-refractivity contribution in [2.45, 2.75) is 6.04 Å². The molecule has 0 saturated heterocycles. The molecule has 0 spiro atoms. The number of carbonyl (C=O) groups is 1. The van der Waals surface area contributed by atoms with E-state index in [0.717, 1.165) is 5.56 Å². The molecule has 0 bridgehead atoms. The first-order valence-electron chi connectivity index (χ1n) is 8.10. The molecule has 1 unspecified atom stereocenters.